The van der Waals surface area contributed by atoms with E-state index >= 15 is 0 Å². The molecule has 0 unspecified atom stereocenters. The van der Waals surface area contributed by atoms with E-state index in [2.05, 4.69) is 15.9 Å². The maximum absolute atomic E-state index is 14.2. The summed E-state index contributed by atoms with van der Waals surface area (Å²) in [6, 6.07) is 26.3. The lowest BCUT2D eigenvalue weighted by molar-refractivity contribution is -0.142. The van der Waals surface area contributed by atoms with Gasteiger partial charge in [0.2, 0.25) is 11.8 Å². The van der Waals surface area contributed by atoms with Crippen molar-refractivity contribution in [1.82, 2.24) is 0 Å². The van der Waals surface area contributed by atoms with Crippen molar-refractivity contribution in [2.75, 3.05) is 12.0 Å². The molecule has 1 aliphatic carbocycles. The van der Waals surface area contributed by atoms with Crippen LogP contribution in [0, 0.1) is 17.8 Å². The van der Waals surface area contributed by atoms with Gasteiger partial charge in [-0.3, -0.25) is 14.4 Å². The number of carbonyl (C=O) groups excluding carboxylic acids is 3. The van der Waals surface area contributed by atoms with Crippen LogP contribution in [0.3, 0.4) is 0 Å². The van der Waals surface area contributed by atoms with Crippen molar-refractivity contribution >= 4 is 55.7 Å². The first-order valence-corrected chi connectivity index (χ1v) is 13.5. The number of carbonyl (C=O) groups is 3. The van der Waals surface area contributed by atoms with Gasteiger partial charge in [-0.25, -0.2) is 4.90 Å². The summed E-state index contributed by atoms with van der Waals surface area (Å²) in [4.78, 5) is 43.1. The summed E-state index contributed by atoms with van der Waals surface area (Å²) in [5.74, 6) is -3.05. The molecule has 7 heteroatoms. The lowest BCUT2D eigenvalue weighted by atomic mass is 9.64. The molecule has 192 valence electrons. The van der Waals surface area contributed by atoms with Gasteiger partial charge in [-0.1, -0.05) is 70.5 Å². The van der Waals surface area contributed by atoms with Crippen molar-refractivity contribution < 1.29 is 23.9 Å². The Morgan fingerprint density at radius 2 is 1.62 bits per heavy atom. The van der Waals surface area contributed by atoms with E-state index < -0.39 is 35.5 Å². The molecule has 0 spiro atoms. The van der Waals surface area contributed by atoms with E-state index in [4.69, 9.17) is 9.47 Å². The molecule has 1 fully saturated rings. The lowest BCUT2D eigenvalue weighted by Crippen LogP contribution is -2.42. The number of ether oxygens (including phenoxy) is 2. The second-order valence-electron chi connectivity index (χ2n) is 10.0. The van der Waals surface area contributed by atoms with E-state index in [1.165, 1.54) is 4.90 Å². The molecule has 4 aromatic carbocycles. The summed E-state index contributed by atoms with van der Waals surface area (Å²) < 4.78 is 11.9. The topological polar surface area (TPSA) is 72.9 Å². The van der Waals surface area contributed by atoms with Gasteiger partial charge < -0.3 is 9.47 Å². The van der Waals surface area contributed by atoms with Crippen molar-refractivity contribution in [3.63, 3.8) is 0 Å². The Morgan fingerprint density at radius 3 is 2.38 bits per heavy atom. The Kier molecular flexibility index (Phi) is 5.45. The fraction of sp³-hybridized carbons (Fsp3) is 0.156. The molecular formula is C32H22BrNO5. The molecule has 0 N–H and O–H groups in total. The first kappa shape index (κ1) is 23.9. The first-order chi connectivity index (χ1) is 19.0. The van der Waals surface area contributed by atoms with Gasteiger partial charge in [0.05, 0.1) is 30.6 Å². The molecule has 2 heterocycles. The Hall–Kier alpha value is -4.23. The Bertz CT molecular complexity index is 1730. The summed E-state index contributed by atoms with van der Waals surface area (Å²) in [6.07, 6.45) is 2.01. The second kappa shape index (κ2) is 8.92. The van der Waals surface area contributed by atoms with Crippen LogP contribution in [0.25, 0.3) is 16.3 Å². The smallest absolute Gasteiger partial charge is 0.319 e. The van der Waals surface area contributed by atoms with E-state index in [1.54, 1.807) is 31.4 Å². The number of allylic oxidation sites excluding steroid dienone is 1. The SMILES string of the molecule is COc1ccc([C@@H]2C=C3c4c(ccc5ccccc45)OC(=O)[C@@H]3[C@@H]3C(=O)N(c4cccc(Br)c4)C(=O)[C@@H]32)cc1. The minimum absolute atomic E-state index is 0.323. The normalized spacial score (nSPS) is 23.6. The molecule has 0 aromatic heterocycles. The monoisotopic (exact) mass is 579 g/mol. The summed E-state index contributed by atoms with van der Waals surface area (Å²) in [5, 5.41) is 1.94. The molecule has 1 saturated heterocycles. The molecular weight excluding hydrogens is 558 g/mol. The number of imide groups is 1. The van der Waals surface area contributed by atoms with Gasteiger partial charge in [-0.15, -0.1) is 0 Å². The molecule has 4 aromatic rings. The zero-order valence-corrected chi connectivity index (χ0v) is 22.4. The van der Waals surface area contributed by atoms with Gasteiger partial charge in [-0.05, 0) is 58.3 Å². The fourth-order valence-electron chi connectivity index (χ4n) is 6.35. The third kappa shape index (κ3) is 3.57. The van der Waals surface area contributed by atoms with Crippen molar-refractivity contribution in [3.05, 3.63) is 107 Å². The number of esters is 1. The lowest BCUT2D eigenvalue weighted by Gasteiger charge is -2.38. The van der Waals surface area contributed by atoms with Crippen LogP contribution in [0.2, 0.25) is 0 Å². The molecule has 0 radical (unpaired) electrons. The van der Waals surface area contributed by atoms with Crippen molar-refractivity contribution in [1.29, 1.82) is 0 Å². The summed E-state index contributed by atoms with van der Waals surface area (Å²) in [6.45, 7) is 0. The van der Waals surface area contributed by atoms with Gasteiger partial charge in [-0.2, -0.15) is 0 Å². The fourth-order valence-corrected chi connectivity index (χ4v) is 6.74. The number of fused-ring (bicyclic) bond motifs is 7. The van der Waals surface area contributed by atoms with Gasteiger partial charge in [0.1, 0.15) is 11.5 Å². The van der Waals surface area contributed by atoms with E-state index in [9.17, 15) is 14.4 Å². The number of amides is 2. The Morgan fingerprint density at radius 1 is 0.846 bits per heavy atom. The Labute approximate surface area is 233 Å². The number of hydrogen-bond donors (Lipinski definition) is 0. The minimum Gasteiger partial charge on any atom is -0.497 e. The quantitative estimate of drug-likeness (QED) is 0.166. The maximum atomic E-state index is 14.2. The van der Waals surface area contributed by atoms with Gasteiger partial charge >= 0.3 is 5.97 Å². The molecule has 0 saturated carbocycles. The number of hydrogen-bond acceptors (Lipinski definition) is 5. The van der Waals surface area contributed by atoms with Crippen molar-refractivity contribution in [2.24, 2.45) is 17.8 Å². The van der Waals surface area contributed by atoms with Crippen LogP contribution in [-0.4, -0.2) is 24.9 Å². The van der Waals surface area contributed by atoms with Crippen LogP contribution < -0.4 is 14.4 Å². The average Bonchev–Trinajstić information content (AvgIpc) is 3.22. The Balaban J connectivity index is 1.46. The van der Waals surface area contributed by atoms with E-state index in [0.717, 1.165) is 31.9 Å². The number of rotatable bonds is 3. The van der Waals surface area contributed by atoms with Crippen LogP contribution in [0.4, 0.5) is 5.69 Å². The van der Waals surface area contributed by atoms with E-state index in [0.29, 0.717) is 17.2 Å². The third-order valence-corrected chi connectivity index (χ3v) is 8.54. The van der Waals surface area contributed by atoms with Gasteiger partial charge in [0.15, 0.2) is 0 Å². The molecule has 0 bridgehead atoms. The number of halogens is 1. The van der Waals surface area contributed by atoms with E-state index in [-0.39, 0.29) is 5.91 Å². The highest BCUT2D eigenvalue weighted by Crippen LogP contribution is 2.55. The number of nitrogens with zero attached hydrogens (tertiary/aromatic N) is 1. The van der Waals surface area contributed by atoms with Crippen LogP contribution in [0.15, 0.2) is 95.5 Å². The molecule has 6 nitrogen and oxygen atoms in total. The van der Waals surface area contributed by atoms with Crippen LogP contribution >= 0.6 is 15.9 Å². The molecule has 3 aliphatic rings. The number of methoxy groups -OCH3 is 1. The summed E-state index contributed by atoms with van der Waals surface area (Å²) >= 11 is 3.45. The highest BCUT2D eigenvalue weighted by molar-refractivity contribution is 9.10. The summed E-state index contributed by atoms with van der Waals surface area (Å²) in [7, 11) is 1.60. The molecule has 2 amide bonds. The highest BCUT2D eigenvalue weighted by atomic mass is 79.9. The number of benzene rings is 4. The van der Waals surface area contributed by atoms with Crippen LogP contribution in [-0.2, 0) is 14.4 Å². The standard InChI is InChI=1S/C32H22BrNO5/c1-38-21-12-9-18(10-13-21)23-16-24-26-22-8-3-2-5-17(22)11-14-25(26)39-32(37)28(24)29-27(23)30(35)34(31(29)36)20-7-4-6-19(33)15-20/h2-16,23,27-29H,1H3/t23-,27+,28-,29+/m0/s1. The zero-order valence-electron chi connectivity index (χ0n) is 20.8. The predicted octanol–water partition coefficient (Wildman–Crippen LogP) is 6.13. The third-order valence-electron chi connectivity index (χ3n) is 8.05. The van der Waals surface area contributed by atoms with E-state index in [1.807, 2.05) is 66.7 Å². The summed E-state index contributed by atoms with van der Waals surface area (Å²) in [5.41, 5.74) is 2.88. The maximum Gasteiger partial charge on any atom is 0.319 e. The largest absolute Gasteiger partial charge is 0.497 e. The van der Waals surface area contributed by atoms with Gasteiger partial charge in [0.25, 0.3) is 0 Å². The first-order valence-electron chi connectivity index (χ1n) is 12.7. The number of anilines is 1. The van der Waals surface area contributed by atoms with Crippen LogP contribution in [0.5, 0.6) is 11.5 Å². The molecule has 2 aliphatic heterocycles. The predicted molar refractivity (Wildman–Crippen MR) is 150 cm³/mol. The van der Waals surface area contributed by atoms with Crippen molar-refractivity contribution in [2.45, 2.75) is 5.92 Å². The molecule has 7 rings (SSSR count). The highest BCUT2D eigenvalue weighted by Gasteiger charge is 2.60. The van der Waals surface area contributed by atoms with Gasteiger partial charge in [0, 0.05) is 16.0 Å². The second-order valence-corrected chi connectivity index (χ2v) is 10.9. The minimum atomic E-state index is -0.900. The molecule has 4 atom stereocenters. The zero-order chi connectivity index (χ0) is 26.8. The average molecular weight is 580 g/mol. The van der Waals surface area contributed by atoms with Crippen molar-refractivity contribution in [3.8, 4) is 11.5 Å². The molecule has 39 heavy (non-hydrogen) atoms. The van der Waals surface area contributed by atoms with Crippen LogP contribution in [0.1, 0.15) is 17.0 Å².